The van der Waals surface area contributed by atoms with Gasteiger partial charge in [-0.15, -0.1) is 6.42 Å². The van der Waals surface area contributed by atoms with Gasteiger partial charge in [0.05, 0.1) is 23.2 Å². The Morgan fingerprint density at radius 2 is 2.28 bits per heavy atom. The molecule has 0 bridgehead atoms. The number of amides is 1. The minimum absolute atomic E-state index is 0.189. The van der Waals surface area contributed by atoms with Crippen molar-refractivity contribution in [1.82, 2.24) is 25.1 Å². The van der Waals surface area contributed by atoms with Crippen molar-refractivity contribution in [1.29, 1.82) is 0 Å². The molecule has 1 aliphatic carbocycles. The van der Waals surface area contributed by atoms with Crippen molar-refractivity contribution in [2.24, 2.45) is 0 Å². The van der Waals surface area contributed by atoms with Gasteiger partial charge in [0, 0.05) is 17.8 Å². The highest BCUT2D eigenvalue weighted by atomic mass is 16.1. The van der Waals surface area contributed by atoms with Crippen molar-refractivity contribution in [2.45, 2.75) is 25.7 Å². The summed E-state index contributed by atoms with van der Waals surface area (Å²) in [7, 11) is 0. The molecule has 0 atom stereocenters. The third-order valence-corrected chi connectivity index (χ3v) is 4.29. The van der Waals surface area contributed by atoms with Crippen LogP contribution < -0.4 is 5.32 Å². The Kier molecular flexibility index (Phi) is 3.69. The number of aryl methyl sites for hydroxylation is 1. The maximum atomic E-state index is 12.6. The predicted octanol–water partition coefficient (Wildman–Crippen LogP) is 2.36. The SMILES string of the molecule is C#CCNC(=O)c1cc(C2CC2)nc2c1c(C)nn2-c1ccccn1. The van der Waals surface area contributed by atoms with Gasteiger partial charge in [-0.25, -0.2) is 9.97 Å². The smallest absolute Gasteiger partial charge is 0.252 e. The van der Waals surface area contributed by atoms with Gasteiger partial charge in [0.15, 0.2) is 11.5 Å². The van der Waals surface area contributed by atoms with E-state index in [1.54, 1.807) is 10.9 Å². The van der Waals surface area contributed by atoms with Crippen LogP contribution in [0.1, 0.15) is 40.5 Å². The molecule has 3 heterocycles. The first-order valence-corrected chi connectivity index (χ1v) is 8.22. The number of aromatic nitrogens is 4. The van der Waals surface area contributed by atoms with E-state index in [1.807, 2.05) is 31.2 Å². The largest absolute Gasteiger partial charge is 0.341 e. The third-order valence-electron chi connectivity index (χ3n) is 4.29. The molecule has 1 saturated carbocycles. The molecule has 124 valence electrons. The topological polar surface area (TPSA) is 72.7 Å². The number of rotatable bonds is 4. The van der Waals surface area contributed by atoms with Crippen LogP contribution in [0.15, 0.2) is 30.5 Å². The lowest BCUT2D eigenvalue weighted by atomic mass is 10.1. The van der Waals surface area contributed by atoms with Crippen LogP contribution in [0, 0.1) is 19.3 Å². The van der Waals surface area contributed by atoms with Gasteiger partial charge in [0.25, 0.3) is 5.91 Å². The zero-order valence-corrected chi connectivity index (χ0v) is 13.9. The Morgan fingerprint density at radius 3 is 2.96 bits per heavy atom. The summed E-state index contributed by atoms with van der Waals surface area (Å²) in [6.45, 7) is 2.06. The molecular weight excluding hydrogens is 314 g/mol. The number of hydrogen-bond acceptors (Lipinski definition) is 4. The van der Waals surface area contributed by atoms with E-state index in [4.69, 9.17) is 11.4 Å². The Labute approximate surface area is 145 Å². The van der Waals surface area contributed by atoms with E-state index >= 15 is 0 Å². The minimum atomic E-state index is -0.198. The van der Waals surface area contributed by atoms with Crippen molar-refractivity contribution >= 4 is 16.9 Å². The van der Waals surface area contributed by atoms with E-state index < -0.39 is 0 Å². The quantitative estimate of drug-likeness (QED) is 0.745. The lowest BCUT2D eigenvalue weighted by molar-refractivity contribution is 0.0960. The molecular formula is C19H17N5O. The van der Waals surface area contributed by atoms with Gasteiger partial charge < -0.3 is 5.32 Å². The summed E-state index contributed by atoms with van der Waals surface area (Å²) in [5, 5.41) is 8.06. The number of nitrogens with zero attached hydrogens (tertiary/aromatic N) is 4. The highest BCUT2D eigenvalue weighted by molar-refractivity contribution is 6.06. The lowest BCUT2D eigenvalue weighted by Gasteiger charge is -2.08. The molecule has 0 spiro atoms. The molecule has 0 aliphatic heterocycles. The second kappa shape index (κ2) is 6.02. The van der Waals surface area contributed by atoms with Gasteiger partial charge in [-0.05, 0) is 38.0 Å². The fourth-order valence-electron chi connectivity index (χ4n) is 2.94. The molecule has 0 aromatic carbocycles. The maximum absolute atomic E-state index is 12.6. The Bertz CT molecular complexity index is 996. The van der Waals surface area contributed by atoms with Crippen molar-refractivity contribution < 1.29 is 4.79 Å². The van der Waals surface area contributed by atoms with Crippen LogP contribution in [0.25, 0.3) is 16.9 Å². The van der Waals surface area contributed by atoms with Crippen molar-refractivity contribution in [3.8, 4) is 18.2 Å². The van der Waals surface area contributed by atoms with Crippen molar-refractivity contribution in [3.05, 3.63) is 47.4 Å². The molecule has 6 nitrogen and oxygen atoms in total. The molecule has 4 rings (SSSR count). The van der Waals surface area contributed by atoms with Gasteiger partial charge in [0.2, 0.25) is 0 Å². The number of terminal acetylenes is 1. The number of fused-ring (bicyclic) bond motifs is 1. The van der Waals surface area contributed by atoms with E-state index in [0.717, 1.165) is 29.6 Å². The highest BCUT2D eigenvalue weighted by Gasteiger charge is 2.29. The van der Waals surface area contributed by atoms with Crippen LogP contribution in [0.4, 0.5) is 0 Å². The van der Waals surface area contributed by atoms with Crippen LogP contribution in [-0.2, 0) is 0 Å². The van der Waals surface area contributed by atoms with Crippen LogP contribution in [0.3, 0.4) is 0 Å². The van der Waals surface area contributed by atoms with Crippen LogP contribution in [-0.4, -0.2) is 32.2 Å². The first-order valence-electron chi connectivity index (χ1n) is 8.22. The van der Waals surface area contributed by atoms with E-state index in [1.165, 1.54) is 0 Å². The van der Waals surface area contributed by atoms with Gasteiger partial charge in [-0.3, -0.25) is 4.79 Å². The predicted molar refractivity (Wildman–Crippen MR) is 94.5 cm³/mol. The number of carbonyl (C=O) groups excluding carboxylic acids is 1. The van der Waals surface area contributed by atoms with Gasteiger partial charge in [-0.1, -0.05) is 12.0 Å². The average molecular weight is 331 g/mol. The summed E-state index contributed by atoms with van der Waals surface area (Å²) in [5.74, 6) is 3.33. The third kappa shape index (κ3) is 2.74. The number of pyridine rings is 2. The van der Waals surface area contributed by atoms with Crippen LogP contribution >= 0.6 is 0 Å². The summed E-state index contributed by atoms with van der Waals surface area (Å²) in [6.07, 6.45) is 9.17. The molecule has 1 amide bonds. The molecule has 6 heteroatoms. The Balaban J connectivity index is 1.94. The summed E-state index contributed by atoms with van der Waals surface area (Å²) in [6, 6.07) is 7.50. The van der Waals surface area contributed by atoms with E-state index in [0.29, 0.717) is 22.9 Å². The Morgan fingerprint density at radius 1 is 1.44 bits per heavy atom. The van der Waals surface area contributed by atoms with Gasteiger partial charge in [-0.2, -0.15) is 9.78 Å². The molecule has 25 heavy (non-hydrogen) atoms. The zero-order valence-electron chi connectivity index (χ0n) is 13.9. The number of hydrogen-bond donors (Lipinski definition) is 1. The van der Waals surface area contributed by atoms with E-state index in [-0.39, 0.29) is 12.5 Å². The molecule has 3 aromatic heterocycles. The van der Waals surface area contributed by atoms with Gasteiger partial charge in [0.1, 0.15) is 0 Å². The number of carbonyl (C=O) groups is 1. The molecule has 0 radical (unpaired) electrons. The fourth-order valence-corrected chi connectivity index (χ4v) is 2.94. The molecule has 1 fully saturated rings. The second-order valence-corrected chi connectivity index (χ2v) is 6.14. The van der Waals surface area contributed by atoms with Crippen LogP contribution in [0.5, 0.6) is 0 Å². The fraction of sp³-hybridized carbons (Fsp3) is 0.263. The standard InChI is InChI=1S/C19H17N5O/c1-3-9-21-19(25)14-11-15(13-7-8-13)22-18-17(14)12(2)23-24(18)16-6-4-5-10-20-16/h1,4-6,10-11,13H,7-9H2,2H3,(H,21,25). The Hall–Kier alpha value is -3.20. The molecule has 0 saturated heterocycles. The molecule has 0 unspecified atom stereocenters. The second-order valence-electron chi connectivity index (χ2n) is 6.14. The van der Waals surface area contributed by atoms with E-state index in [9.17, 15) is 4.79 Å². The van der Waals surface area contributed by atoms with Crippen LogP contribution in [0.2, 0.25) is 0 Å². The van der Waals surface area contributed by atoms with Crippen molar-refractivity contribution in [3.63, 3.8) is 0 Å². The zero-order chi connectivity index (χ0) is 17.4. The monoisotopic (exact) mass is 331 g/mol. The summed E-state index contributed by atoms with van der Waals surface area (Å²) >= 11 is 0. The molecule has 3 aromatic rings. The first-order chi connectivity index (χ1) is 12.2. The van der Waals surface area contributed by atoms with Crippen molar-refractivity contribution in [2.75, 3.05) is 6.54 Å². The van der Waals surface area contributed by atoms with Gasteiger partial charge >= 0.3 is 0 Å². The number of nitrogens with one attached hydrogen (secondary N) is 1. The highest BCUT2D eigenvalue weighted by Crippen LogP contribution is 2.40. The first kappa shape index (κ1) is 15.3. The summed E-state index contributed by atoms with van der Waals surface area (Å²) in [5.41, 5.74) is 2.89. The average Bonchev–Trinajstić information content (AvgIpc) is 3.44. The normalized spacial score (nSPS) is 13.6. The summed E-state index contributed by atoms with van der Waals surface area (Å²) in [4.78, 5) is 21.8. The lowest BCUT2D eigenvalue weighted by Crippen LogP contribution is -2.24. The maximum Gasteiger partial charge on any atom is 0.252 e. The molecule has 1 N–H and O–H groups in total. The van der Waals surface area contributed by atoms with E-state index in [2.05, 4.69) is 21.3 Å². The molecule has 1 aliphatic rings. The minimum Gasteiger partial charge on any atom is -0.341 e. The summed E-state index contributed by atoms with van der Waals surface area (Å²) < 4.78 is 1.70.